The molecule has 2 heteroatoms. The fourth-order valence-electron chi connectivity index (χ4n) is 2.87. The highest BCUT2D eigenvalue weighted by Gasteiger charge is 2.46. The van der Waals surface area contributed by atoms with Gasteiger partial charge in [0.15, 0.2) is 5.78 Å². The first-order valence-electron chi connectivity index (χ1n) is 5.46. The second-order valence-corrected chi connectivity index (χ2v) is 4.39. The van der Waals surface area contributed by atoms with Crippen LogP contribution in [0.25, 0.3) is 0 Å². The van der Waals surface area contributed by atoms with Crippen molar-refractivity contribution in [1.82, 2.24) is 0 Å². The van der Waals surface area contributed by atoms with Crippen LogP contribution >= 0.6 is 0 Å². The van der Waals surface area contributed by atoms with Crippen molar-refractivity contribution in [3.8, 4) is 0 Å². The van der Waals surface area contributed by atoms with E-state index in [1.165, 1.54) is 0 Å². The summed E-state index contributed by atoms with van der Waals surface area (Å²) in [4.78, 5) is 23.1. The SMILES string of the molecule is CCC[C@]12CCC(=O)C=C1CCC2=O. The lowest BCUT2D eigenvalue weighted by Crippen LogP contribution is -2.31. The van der Waals surface area contributed by atoms with E-state index in [0.29, 0.717) is 18.6 Å². The molecule has 0 saturated heterocycles. The maximum Gasteiger partial charge on any atom is 0.155 e. The van der Waals surface area contributed by atoms with Gasteiger partial charge in [-0.3, -0.25) is 9.59 Å². The molecular weight excluding hydrogens is 176 g/mol. The molecule has 0 unspecified atom stereocenters. The van der Waals surface area contributed by atoms with E-state index in [9.17, 15) is 9.59 Å². The van der Waals surface area contributed by atoms with Gasteiger partial charge in [-0.25, -0.2) is 0 Å². The summed E-state index contributed by atoms with van der Waals surface area (Å²) >= 11 is 0. The van der Waals surface area contributed by atoms with Gasteiger partial charge < -0.3 is 0 Å². The third kappa shape index (κ3) is 1.24. The van der Waals surface area contributed by atoms with Gasteiger partial charge in [-0.15, -0.1) is 0 Å². The highest BCUT2D eigenvalue weighted by atomic mass is 16.1. The molecule has 0 aromatic rings. The molecule has 0 heterocycles. The van der Waals surface area contributed by atoms with E-state index in [-0.39, 0.29) is 11.2 Å². The molecule has 0 N–H and O–H groups in total. The standard InChI is InChI=1S/C12H16O2/c1-2-6-12-7-5-10(13)8-9(12)3-4-11(12)14/h8H,2-7H2,1H3/t12-/m0/s1. The van der Waals surface area contributed by atoms with Crippen LogP contribution in [-0.2, 0) is 9.59 Å². The second-order valence-electron chi connectivity index (χ2n) is 4.39. The second kappa shape index (κ2) is 3.34. The van der Waals surface area contributed by atoms with Gasteiger partial charge in [0.1, 0.15) is 5.78 Å². The number of rotatable bonds is 2. The first kappa shape index (κ1) is 9.63. The van der Waals surface area contributed by atoms with E-state index in [1.807, 2.05) is 0 Å². The minimum Gasteiger partial charge on any atom is -0.299 e. The van der Waals surface area contributed by atoms with Gasteiger partial charge in [-0.1, -0.05) is 18.9 Å². The Morgan fingerprint density at radius 2 is 2.07 bits per heavy atom. The van der Waals surface area contributed by atoms with E-state index in [0.717, 1.165) is 31.3 Å². The molecule has 2 aliphatic carbocycles. The average molecular weight is 192 g/mol. The summed E-state index contributed by atoms with van der Waals surface area (Å²) in [5.74, 6) is 0.583. The maximum absolute atomic E-state index is 11.9. The Morgan fingerprint density at radius 3 is 2.79 bits per heavy atom. The average Bonchev–Trinajstić information content (AvgIpc) is 2.46. The minimum absolute atomic E-state index is 0.210. The smallest absolute Gasteiger partial charge is 0.155 e. The lowest BCUT2D eigenvalue weighted by atomic mass is 9.70. The van der Waals surface area contributed by atoms with Crippen molar-refractivity contribution < 1.29 is 9.59 Å². The molecule has 0 bridgehead atoms. The molecule has 0 amide bonds. The quantitative estimate of drug-likeness (QED) is 0.673. The summed E-state index contributed by atoms with van der Waals surface area (Å²) in [5.41, 5.74) is 0.906. The van der Waals surface area contributed by atoms with E-state index in [4.69, 9.17) is 0 Å². The molecular formula is C12H16O2. The predicted molar refractivity (Wildman–Crippen MR) is 53.9 cm³/mol. The third-order valence-corrected chi connectivity index (χ3v) is 3.58. The Bertz CT molecular complexity index is 314. The van der Waals surface area contributed by atoms with E-state index in [2.05, 4.69) is 6.92 Å². The van der Waals surface area contributed by atoms with Crippen LogP contribution in [0, 0.1) is 5.41 Å². The molecule has 0 spiro atoms. The zero-order valence-electron chi connectivity index (χ0n) is 8.64. The van der Waals surface area contributed by atoms with Gasteiger partial charge in [-0.05, 0) is 25.3 Å². The zero-order chi connectivity index (χ0) is 10.2. The number of hydrogen-bond acceptors (Lipinski definition) is 2. The summed E-state index contributed by atoms with van der Waals surface area (Å²) in [6.07, 6.45) is 6.51. The normalized spacial score (nSPS) is 31.6. The van der Waals surface area contributed by atoms with Crippen molar-refractivity contribution >= 4 is 11.6 Å². The van der Waals surface area contributed by atoms with Crippen LogP contribution in [-0.4, -0.2) is 11.6 Å². The number of hydrogen-bond donors (Lipinski definition) is 0. The Morgan fingerprint density at radius 1 is 1.29 bits per heavy atom. The fourth-order valence-corrected chi connectivity index (χ4v) is 2.87. The molecule has 2 rings (SSSR count). The van der Waals surface area contributed by atoms with E-state index >= 15 is 0 Å². The summed E-state index contributed by atoms with van der Waals surface area (Å²) < 4.78 is 0. The van der Waals surface area contributed by atoms with Gasteiger partial charge in [0.05, 0.1) is 5.41 Å². The molecule has 2 nitrogen and oxygen atoms in total. The Hall–Kier alpha value is -0.920. The zero-order valence-corrected chi connectivity index (χ0v) is 8.64. The minimum atomic E-state index is -0.220. The van der Waals surface area contributed by atoms with Crippen LogP contribution in [0.4, 0.5) is 0 Å². The number of allylic oxidation sites excluding steroid dienone is 2. The first-order chi connectivity index (χ1) is 6.69. The Labute approximate surface area is 84.4 Å². The van der Waals surface area contributed by atoms with Gasteiger partial charge in [0, 0.05) is 12.8 Å². The van der Waals surface area contributed by atoms with Gasteiger partial charge >= 0.3 is 0 Å². The van der Waals surface area contributed by atoms with E-state index in [1.54, 1.807) is 6.08 Å². The van der Waals surface area contributed by atoms with Gasteiger partial charge in [-0.2, -0.15) is 0 Å². The molecule has 0 aliphatic heterocycles. The van der Waals surface area contributed by atoms with Crippen molar-refractivity contribution in [3.05, 3.63) is 11.6 Å². The number of Topliss-reactive ketones (excluding diaryl/α,β-unsaturated/α-hetero) is 1. The number of ketones is 2. The monoisotopic (exact) mass is 192 g/mol. The lowest BCUT2D eigenvalue weighted by molar-refractivity contribution is -0.126. The van der Waals surface area contributed by atoms with Crippen molar-refractivity contribution in [1.29, 1.82) is 0 Å². The maximum atomic E-state index is 11.9. The highest BCUT2D eigenvalue weighted by Crippen LogP contribution is 2.49. The molecule has 0 aromatic heterocycles. The molecule has 1 atom stereocenters. The van der Waals surface area contributed by atoms with Crippen LogP contribution < -0.4 is 0 Å². The highest BCUT2D eigenvalue weighted by molar-refractivity contribution is 5.99. The Balaban J connectivity index is 2.37. The van der Waals surface area contributed by atoms with Crippen LogP contribution in [0.5, 0.6) is 0 Å². The molecule has 1 saturated carbocycles. The topological polar surface area (TPSA) is 34.1 Å². The van der Waals surface area contributed by atoms with Crippen LogP contribution in [0.3, 0.4) is 0 Å². The summed E-state index contributed by atoms with van der Waals surface area (Å²) in [6, 6.07) is 0. The largest absolute Gasteiger partial charge is 0.299 e. The molecule has 1 fully saturated rings. The number of carbonyl (C=O) groups excluding carboxylic acids is 2. The summed E-state index contributed by atoms with van der Waals surface area (Å²) in [6.45, 7) is 2.11. The first-order valence-corrected chi connectivity index (χ1v) is 5.46. The van der Waals surface area contributed by atoms with Crippen molar-refractivity contribution in [2.24, 2.45) is 5.41 Å². The van der Waals surface area contributed by atoms with E-state index < -0.39 is 0 Å². The molecule has 76 valence electrons. The van der Waals surface area contributed by atoms with Gasteiger partial charge in [0.25, 0.3) is 0 Å². The molecule has 0 radical (unpaired) electrons. The molecule has 2 aliphatic rings. The number of fused-ring (bicyclic) bond motifs is 1. The Kier molecular flexibility index (Phi) is 2.30. The fraction of sp³-hybridized carbons (Fsp3) is 0.667. The van der Waals surface area contributed by atoms with Crippen molar-refractivity contribution in [2.45, 2.75) is 45.4 Å². The third-order valence-electron chi connectivity index (χ3n) is 3.58. The summed E-state index contributed by atoms with van der Waals surface area (Å²) in [7, 11) is 0. The van der Waals surface area contributed by atoms with Crippen molar-refractivity contribution in [3.63, 3.8) is 0 Å². The number of carbonyl (C=O) groups is 2. The van der Waals surface area contributed by atoms with Crippen LogP contribution in [0.1, 0.15) is 45.4 Å². The van der Waals surface area contributed by atoms with Gasteiger partial charge in [0.2, 0.25) is 0 Å². The summed E-state index contributed by atoms with van der Waals surface area (Å²) in [5, 5.41) is 0. The van der Waals surface area contributed by atoms with Crippen LogP contribution in [0.2, 0.25) is 0 Å². The van der Waals surface area contributed by atoms with Crippen LogP contribution in [0.15, 0.2) is 11.6 Å². The lowest BCUT2D eigenvalue weighted by Gasteiger charge is -2.31. The molecule has 14 heavy (non-hydrogen) atoms. The predicted octanol–water partition coefficient (Wildman–Crippen LogP) is 2.43. The van der Waals surface area contributed by atoms with Crippen molar-refractivity contribution in [2.75, 3.05) is 0 Å². The molecule has 0 aromatic carbocycles.